The van der Waals surface area contributed by atoms with Gasteiger partial charge in [0.2, 0.25) is 0 Å². The van der Waals surface area contributed by atoms with Crippen LogP contribution in [-0.2, 0) is 17.9 Å². The van der Waals surface area contributed by atoms with Crippen LogP contribution in [0.1, 0.15) is 43.3 Å². The molecule has 0 radical (unpaired) electrons. The predicted molar refractivity (Wildman–Crippen MR) is 72.2 cm³/mol. The molecular formula is C13H19N3S. The minimum Gasteiger partial charge on any atom is -0.370 e. The lowest BCUT2D eigenvalue weighted by atomic mass is 10.2. The summed E-state index contributed by atoms with van der Waals surface area (Å²) in [6.07, 6.45) is 4.96. The quantitative estimate of drug-likeness (QED) is 0.870. The summed E-state index contributed by atoms with van der Waals surface area (Å²) >= 11 is 1.95. The smallest absolute Gasteiger partial charge is 0.134 e. The highest BCUT2D eigenvalue weighted by Gasteiger charge is 2.25. The first-order valence-corrected chi connectivity index (χ1v) is 7.72. The van der Waals surface area contributed by atoms with Gasteiger partial charge in [-0.1, -0.05) is 6.92 Å². The van der Waals surface area contributed by atoms with Gasteiger partial charge in [-0.2, -0.15) is 11.8 Å². The molecule has 0 saturated heterocycles. The lowest BCUT2D eigenvalue weighted by Crippen LogP contribution is -2.10. The number of nitrogens with one attached hydrogen (secondary N) is 1. The largest absolute Gasteiger partial charge is 0.370 e. The zero-order valence-electron chi connectivity index (χ0n) is 10.3. The molecular weight excluding hydrogens is 230 g/mol. The molecule has 1 aliphatic heterocycles. The van der Waals surface area contributed by atoms with E-state index in [0.717, 1.165) is 48.5 Å². The maximum atomic E-state index is 4.73. The van der Waals surface area contributed by atoms with Gasteiger partial charge in [0.05, 0.1) is 5.69 Å². The average Bonchev–Trinajstić information content (AvgIpc) is 3.01. The van der Waals surface area contributed by atoms with Gasteiger partial charge in [0.25, 0.3) is 0 Å². The Bertz CT molecular complexity index is 415. The van der Waals surface area contributed by atoms with E-state index in [1.54, 1.807) is 0 Å². The molecule has 0 unspecified atom stereocenters. The Morgan fingerprint density at radius 2 is 2.18 bits per heavy atom. The van der Waals surface area contributed by atoms with E-state index in [1.807, 2.05) is 11.8 Å². The van der Waals surface area contributed by atoms with Crippen molar-refractivity contribution >= 4 is 17.6 Å². The van der Waals surface area contributed by atoms with Crippen molar-refractivity contribution < 1.29 is 0 Å². The van der Waals surface area contributed by atoms with E-state index < -0.39 is 0 Å². The molecule has 2 aliphatic rings. The van der Waals surface area contributed by atoms with Gasteiger partial charge in [-0.3, -0.25) is 0 Å². The molecule has 0 aromatic carbocycles. The zero-order chi connectivity index (χ0) is 11.7. The van der Waals surface area contributed by atoms with Crippen LogP contribution in [0.4, 0.5) is 5.82 Å². The number of anilines is 1. The van der Waals surface area contributed by atoms with Crippen LogP contribution in [0.15, 0.2) is 0 Å². The van der Waals surface area contributed by atoms with E-state index in [9.17, 15) is 0 Å². The second kappa shape index (κ2) is 4.84. The molecule has 4 heteroatoms. The van der Waals surface area contributed by atoms with Crippen molar-refractivity contribution in [3.05, 3.63) is 17.1 Å². The summed E-state index contributed by atoms with van der Waals surface area (Å²) in [6.45, 7) is 3.20. The van der Waals surface area contributed by atoms with Crippen LogP contribution in [-0.4, -0.2) is 16.5 Å². The van der Waals surface area contributed by atoms with Crippen LogP contribution in [0.3, 0.4) is 0 Å². The third kappa shape index (κ3) is 2.57. The Balaban J connectivity index is 1.85. The summed E-state index contributed by atoms with van der Waals surface area (Å²) in [7, 11) is 0. The number of rotatable bonds is 5. The van der Waals surface area contributed by atoms with Crippen molar-refractivity contribution in [3.63, 3.8) is 0 Å². The highest BCUT2D eigenvalue weighted by atomic mass is 32.2. The number of nitrogens with zero attached hydrogens (tertiary/aromatic N) is 2. The highest BCUT2D eigenvalue weighted by Crippen LogP contribution is 2.35. The second-order valence-electron chi connectivity index (χ2n) is 4.98. The molecule has 1 aromatic heterocycles. The van der Waals surface area contributed by atoms with Gasteiger partial charge in [0.15, 0.2) is 0 Å². The monoisotopic (exact) mass is 249 g/mol. The molecule has 1 N–H and O–H groups in total. The van der Waals surface area contributed by atoms with Crippen molar-refractivity contribution in [3.8, 4) is 0 Å². The minimum absolute atomic E-state index is 0.862. The van der Waals surface area contributed by atoms with Crippen LogP contribution in [0.2, 0.25) is 0 Å². The average molecular weight is 249 g/mol. The Morgan fingerprint density at radius 3 is 2.94 bits per heavy atom. The summed E-state index contributed by atoms with van der Waals surface area (Å²) < 4.78 is 0. The number of hydrogen-bond acceptors (Lipinski definition) is 4. The van der Waals surface area contributed by atoms with Gasteiger partial charge in [-0.25, -0.2) is 9.97 Å². The second-order valence-corrected chi connectivity index (χ2v) is 5.97. The minimum atomic E-state index is 0.862. The standard InChI is InChI=1S/C13H19N3S/c1-2-5-14-13-10-7-17-8-11(10)15-12(16-13)6-9-3-4-9/h9H,2-8H2,1H3,(H,14,15,16). The highest BCUT2D eigenvalue weighted by molar-refractivity contribution is 7.98. The van der Waals surface area contributed by atoms with Crippen LogP contribution < -0.4 is 5.32 Å². The molecule has 0 atom stereocenters. The lowest BCUT2D eigenvalue weighted by molar-refractivity contribution is 0.760. The SMILES string of the molecule is CCCNc1nc(CC2CC2)nc2c1CSC2. The summed E-state index contributed by atoms with van der Waals surface area (Å²) in [5.74, 6) is 5.17. The van der Waals surface area contributed by atoms with Gasteiger partial charge in [-0.15, -0.1) is 0 Å². The molecule has 0 amide bonds. The fourth-order valence-corrected chi connectivity index (χ4v) is 3.21. The van der Waals surface area contributed by atoms with E-state index in [1.165, 1.54) is 24.1 Å². The van der Waals surface area contributed by atoms with E-state index in [4.69, 9.17) is 9.97 Å². The Hall–Kier alpha value is -0.770. The molecule has 1 aromatic rings. The number of thioether (sulfide) groups is 1. The van der Waals surface area contributed by atoms with Crippen LogP contribution >= 0.6 is 11.8 Å². The normalized spacial score (nSPS) is 18.2. The number of aromatic nitrogens is 2. The molecule has 1 aliphatic carbocycles. The Morgan fingerprint density at radius 1 is 1.29 bits per heavy atom. The molecule has 0 spiro atoms. The van der Waals surface area contributed by atoms with Gasteiger partial charge in [0, 0.05) is 30.0 Å². The van der Waals surface area contributed by atoms with E-state index in [-0.39, 0.29) is 0 Å². The van der Waals surface area contributed by atoms with Gasteiger partial charge < -0.3 is 5.32 Å². The number of hydrogen-bond donors (Lipinski definition) is 1. The molecule has 2 heterocycles. The molecule has 17 heavy (non-hydrogen) atoms. The van der Waals surface area contributed by atoms with Crippen LogP contribution in [0.25, 0.3) is 0 Å². The van der Waals surface area contributed by atoms with Gasteiger partial charge >= 0.3 is 0 Å². The van der Waals surface area contributed by atoms with E-state index in [2.05, 4.69) is 12.2 Å². The maximum Gasteiger partial charge on any atom is 0.134 e. The lowest BCUT2D eigenvalue weighted by Gasteiger charge is -2.10. The summed E-state index contributed by atoms with van der Waals surface area (Å²) in [5.41, 5.74) is 2.63. The number of fused-ring (bicyclic) bond motifs is 1. The maximum absolute atomic E-state index is 4.73. The predicted octanol–water partition coefficient (Wildman–Crippen LogP) is 3.00. The first-order chi connectivity index (χ1) is 8.36. The van der Waals surface area contributed by atoms with Gasteiger partial charge in [0.1, 0.15) is 11.6 Å². The Kier molecular flexibility index (Phi) is 3.23. The molecule has 1 saturated carbocycles. The molecule has 3 rings (SSSR count). The van der Waals surface area contributed by atoms with Crippen molar-refractivity contribution in [1.29, 1.82) is 0 Å². The third-order valence-electron chi connectivity index (χ3n) is 3.33. The zero-order valence-corrected chi connectivity index (χ0v) is 11.1. The van der Waals surface area contributed by atoms with E-state index >= 15 is 0 Å². The topological polar surface area (TPSA) is 37.8 Å². The van der Waals surface area contributed by atoms with E-state index in [0.29, 0.717) is 0 Å². The van der Waals surface area contributed by atoms with Crippen LogP contribution in [0.5, 0.6) is 0 Å². The Labute approximate surface area is 107 Å². The van der Waals surface area contributed by atoms with Crippen LogP contribution in [0, 0.1) is 5.92 Å². The fourth-order valence-electron chi connectivity index (χ4n) is 2.16. The fraction of sp³-hybridized carbons (Fsp3) is 0.692. The first kappa shape index (κ1) is 11.3. The van der Waals surface area contributed by atoms with Gasteiger partial charge in [-0.05, 0) is 25.2 Å². The molecule has 92 valence electrons. The molecule has 1 fully saturated rings. The van der Waals surface area contributed by atoms with Crippen molar-refractivity contribution in [2.75, 3.05) is 11.9 Å². The third-order valence-corrected chi connectivity index (χ3v) is 4.31. The molecule has 3 nitrogen and oxygen atoms in total. The molecule has 0 bridgehead atoms. The van der Waals surface area contributed by atoms with Crippen molar-refractivity contribution in [2.45, 2.75) is 44.1 Å². The van der Waals surface area contributed by atoms with Crippen molar-refractivity contribution in [2.24, 2.45) is 5.92 Å². The summed E-state index contributed by atoms with van der Waals surface area (Å²) in [5, 5.41) is 3.46. The van der Waals surface area contributed by atoms with Crippen molar-refractivity contribution in [1.82, 2.24) is 9.97 Å². The summed E-state index contributed by atoms with van der Waals surface area (Å²) in [4.78, 5) is 9.46. The summed E-state index contributed by atoms with van der Waals surface area (Å²) in [6, 6.07) is 0. The first-order valence-electron chi connectivity index (χ1n) is 6.57.